The topological polar surface area (TPSA) is 46.3 Å². The molecule has 1 aromatic rings. The fourth-order valence-electron chi connectivity index (χ4n) is 1.68. The summed E-state index contributed by atoms with van der Waals surface area (Å²) in [6.45, 7) is 5.18. The molecule has 0 radical (unpaired) electrons. The predicted molar refractivity (Wildman–Crippen MR) is 50.5 cm³/mol. The summed E-state index contributed by atoms with van der Waals surface area (Å²) in [5, 5.41) is 0. The number of nitrogens with zero attached hydrogens (tertiary/aromatic N) is 2. The maximum absolute atomic E-state index is 11.7. The Morgan fingerprint density at radius 1 is 1.64 bits per heavy atom. The van der Waals surface area contributed by atoms with Crippen LogP contribution in [0.1, 0.15) is 25.3 Å². The van der Waals surface area contributed by atoms with Crippen molar-refractivity contribution < 1.29 is 9.21 Å². The van der Waals surface area contributed by atoms with Crippen LogP contribution in [-0.4, -0.2) is 22.3 Å². The minimum atomic E-state index is 0.0588. The van der Waals surface area contributed by atoms with Gasteiger partial charge in [0.05, 0.1) is 6.54 Å². The van der Waals surface area contributed by atoms with Gasteiger partial charge < -0.3 is 9.32 Å². The summed E-state index contributed by atoms with van der Waals surface area (Å²) in [4.78, 5) is 17.6. The summed E-state index contributed by atoms with van der Waals surface area (Å²) in [6, 6.07) is 0. The molecular formula is C10H14N2O2. The number of oxazole rings is 1. The molecule has 0 aliphatic carbocycles. The highest BCUT2D eigenvalue weighted by Gasteiger charge is 2.24. The van der Waals surface area contributed by atoms with Crippen LogP contribution in [0.3, 0.4) is 0 Å². The number of amides is 1. The molecule has 14 heavy (non-hydrogen) atoms. The Kier molecular flexibility index (Phi) is 2.27. The number of fused-ring (bicyclic) bond motifs is 1. The highest BCUT2D eigenvalue weighted by atomic mass is 16.3. The first-order valence-electron chi connectivity index (χ1n) is 4.88. The van der Waals surface area contributed by atoms with Crippen LogP contribution in [0.4, 0.5) is 0 Å². The van der Waals surface area contributed by atoms with Crippen LogP contribution < -0.4 is 0 Å². The second kappa shape index (κ2) is 3.44. The molecule has 1 aromatic heterocycles. The summed E-state index contributed by atoms with van der Waals surface area (Å²) in [5.41, 5.74) is 0.908. The van der Waals surface area contributed by atoms with E-state index in [9.17, 15) is 4.79 Å². The van der Waals surface area contributed by atoms with Crippen LogP contribution in [0.5, 0.6) is 0 Å². The molecule has 0 unspecified atom stereocenters. The molecule has 2 rings (SSSR count). The maximum atomic E-state index is 11.7. The Bertz CT molecular complexity index is 344. The quantitative estimate of drug-likeness (QED) is 0.675. The zero-order valence-electron chi connectivity index (χ0n) is 8.49. The van der Waals surface area contributed by atoms with Gasteiger partial charge in [0.2, 0.25) is 5.91 Å². The largest absolute Gasteiger partial charge is 0.448 e. The lowest BCUT2D eigenvalue weighted by Gasteiger charge is -2.26. The van der Waals surface area contributed by atoms with Crippen molar-refractivity contribution in [2.45, 2.75) is 26.8 Å². The summed E-state index contributed by atoms with van der Waals surface area (Å²) in [5.74, 6) is 1.18. The number of rotatable bonds is 1. The molecule has 2 heterocycles. The van der Waals surface area contributed by atoms with Gasteiger partial charge in [0.1, 0.15) is 11.5 Å². The molecule has 0 saturated carbocycles. The van der Waals surface area contributed by atoms with E-state index >= 15 is 0 Å². The van der Waals surface area contributed by atoms with Gasteiger partial charge in [-0.3, -0.25) is 4.79 Å². The molecule has 1 aliphatic rings. The van der Waals surface area contributed by atoms with E-state index < -0.39 is 0 Å². The average Bonchev–Trinajstić information content (AvgIpc) is 2.62. The summed E-state index contributed by atoms with van der Waals surface area (Å²) < 4.78 is 5.20. The van der Waals surface area contributed by atoms with Gasteiger partial charge in [-0.05, 0) is 0 Å². The minimum absolute atomic E-state index is 0.0588. The van der Waals surface area contributed by atoms with E-state index in [0.29, 0.717) is 6.54 Å². The van der Waals surface area contributed by atoms with Crippen molar-refractivity contribution in [1.29, 1.82) is 0 Å². The SMILES string of the molecule is CC(C)C(=O)N1CCc2ocnc2C1. The maximum Gasteiger partial charge on any atom is 0.225 e. The fraction of sp³-hybridized carbons (Fsp3) is 0.600. The van der Waals surface area contributed by atoms with Crippen molar-refractivity contribution in [3.8, 4) is 0 Å². The predicted octanol–water partition coefficient (Wildman–Crippen LogP) is 1.22. The summed E-state index contributed by atoms with van der Waals surface area (Å²) in [6.07, 6.45) is 2.24. The second-order valence-electron chi connectivity index (χ2n) is 3.89. The fourth-order valence-corrected chi connectivity index (χ4v) is 1.68. The van der Waals surface area contributed by atoms with Crippen molar-refractivity contribution in [3.63, 3.8) is 0 Å². The van der Waals surface area contributed by atoms with Gasteiger partial charge in [0.25, 0.3) is 0 Å². The smallest absolute Gasteiger partial charge is 0.225 e. The van der Waals surface area contributed by atoms with E-state index in [4.69, 9.17) is 4.42 Å². The van der Waals surface area contributed by atoms with Gasteiger partial charge in [0, 0.05) is 18.9 Å². The van der Waals surface area contributed by atoms with Crippen molar-refractivity contribution >= 4 is 5.91 Å². The molecule has 0 saturated heterocycles. The van der Waals surface area contributed by atoms with Gasteiger partial charge in [-0.2, -0.15) is 0 Å². The van der Waals surface area contributed by atoms with Crippen molar-refractivity contribution in [2.75, 3.05) is 6.54 Å². The second-order valence-corrected chi connectivity index (χ2v) is 3.89. The van der Waals surface area contributed by atoms with E-state index in [2.05, 4.69) is 4.98 Å². The first kappa shape index (κ1) is 9.24. The standard InChI is InChI=1S/C10H14N2O2/c1-7(2)10(13)12-4-3-9-8(5-12)11-6-14-9/h6-7H,3-5H2,1-2H3. The number of hydrogen-bond donors (Lipinski definition) is 0. The molecular weight excluding hydrogens is 180 g/mol. The third-order valence-electron chi connectivity index (χ3n) is 2.48. The van der Waals surface area contributed by atoms with Crippen LogP contribution in [0.15, 0.2) is 10.8 Å². The molecule has 1 amide bonds. The van der Waals surface area contributed by atoms with E-state index in [1.807, 2.05) is 18.7 Å². The van der Waals surface area contributed by atoms with E-state index in [1.165, 1.54) is 6.39 Å². The lowest BCUT2D eigenvalue weighted by atomic mass is 10.1. The normalized spacial score (nSPS) is 15.8. The Morgan fingerprint density at radius 2 is 2.43 bits per heavy atom. The van der Waals surface area contributed by atoms with Gasteiger partial charge in [-0.25, -0.2) is 4.98 Å². The minimum Gasteiger partial charge on any atom is -0.448 e. The van der Waals surface area contributed by atoms with Crippen molar-refractivity contribution in [3.05, 3.63) is 17.8 Å². The first-order chi connectivity index (χ1) is 6.68. The molecule has 4 heteroatoms. The Morgan fingerprint density at radius 3 is 3.14 bits per heavy atom. The zero-order valence-corrected chi connectivity index (χ0v) is 8.49. The number of carbonyl (C=O) groups is 1. The van der Waals surface area contributed by atoms with Gasteiger partial charge >= 0.3 is 0 Å². The van der Waals surface area contributed by atoms with Gasteiger partial charge in [0.15, 0.2) is 6.39 Å². The van der Waals surface area contributed by atoms with E-state index in [0.717, 1.165) is 24.4 Å². The Balaban J connectivity index is 2.11. The zero-order chi connectivity index (χ0) is 10.1. The molecule has 0 N–H and O–H groups in total. The molecule has 0 fully saturated rings. The third kappa shape index (κ3) is 1.52. The first-order valence-corrected chi connectivity index (χ1v) is 4.88. The average molecular weight is 194 g/mol. The van der Waals surface area contributed by atoms with Crippen molar-refractivity contribution in [2.24, 2.45) is 5.92 Å². The Labute approximate surface area is 82.9 Å². The molecule has 1 aliphatic heterocycles. The number of aromatic nitrogens is 1. The lowest BCUT2D eigenvalue weighted by molar-refractivity contribution is -0.135. The van der Waals surface area contributed by atoms with Crippen LogP contribution in [0.25, 0.3) is 0 Å². The number of carbonyl (C=O) groups excluding carboxylic acids is 1. The molecule has 0 bridgehead atoms. The molecule has 0 atom stereocenters. The number of hydrogen-bond acceptors (Lipinski definition) is 3. The highest BCUT2D eigenvalue weighted by Crippen LogP contribution is 2.18. The monoisotopic (exact) mass is 194 g/mol. The molecule has 76 valence electrons. The van der Waals surface area contributed by atoms with Crippen LogP contribution in [0, 0.1) is 5.92 Å². The Hall–Kier alpha value is -1.32. The van der Waals surface area contributed by atoms with E-state index in [1.54, 1.807) is 0 Å². The van der Waals surface area contributed by atoms with Gasteiger partial charge in [-0.15, -0.1) is 0 Å². The van der Waals surface area contributed by atoms with Crippen LogP contribution in [-0.2, 0) is 17.8 Å². The van der Waals surface area contributed by atoms with Crippen LogP contribution >= 0.6 is 0 Å². The van der Waals surface area contributed by atoms with Crippen molar-refractivity contribution in [1.82, 2.24) is 9.88 Å². The van der Waals surface area contributed by atoms with E-state index in [-0.39, 0.29) is 11.8 Å². The molecule has 4 nitrogen and oxygen atoms in total. The van der Waals surface area contributed by atoms with Crippen LogP contribution in [0.2, 0.25) is 0 Å². The lowest BCUT2D eigenvalue weighted by Crippen LogP contribution is -2.38. The summed E-state index contributed by atoms with van der Waals surface area (Å²) in [7, 11) is 0. The van der Waals surface area contributed by atoms with Gasteiger partial charge in [-0.1, -0.05) is 13.8 Å². The third-order valence-corrected chi connectivity index (χ3v) is 2.48. The summed E-state index contributed by atoms with van der Waals surface area (Å²) >= 11 is 0. The molecule has 0 spiro atoms. The molecule has 0 aromatic carbocycles. The highest BCUT2D eigenvalue weighted by molar-refractivity contribution is 5.78.